The second kappa shape index (κ2) is 3.77. The number of aromatic hydroxyl groups is 1. The smallest absolute Gasteiger partial charge is 0.176 e. The van der Waals surface area contributed by atoms with Gasteiger partial charge >= 0.3 is 0 Å². The highest BCUT2D eigenvalue weighted by Gasteiger charge is 2.19. The molecule has 0 aliphatic carbocycles. The zero-order valence-corrected chi connectivity index (χ0v) is 9.82. The van der Waals surface area contributed by atoms with Gasteiger partial charge in [-0.2, -0.15) is 5.10 Å². The summed E-state index contributed by atoms with van der Waals surface area (Å²) in [6.45, 7) is 0. The van der Waals surface area contributed by atoms with Crippen LogP contribution in [0.3, 0.4) is 0 Å². The second-order valence-electron chi connectivity index (χ2n) is 3.63. The number of hydrogen-bond acceptors (Lipinski definition) is 5. The fourth-order valence-electron chi connectivity index (χ4n) is 1.56. The number of aromatic amines is 1. The van der Waals surface area contributed by atoms with Crippen LogP contribution in [0.15, 0.2) is 29.2 Å². The van der Waals surface area contributed by atoms with E-state index < -0.39 is 9.84 Å². The molecular formula is C10H11N3O3S. The molecule has 0 aliphatic rings. The molecule has 0 aliphatic heterocycles. The molecular weight excluding hydrogens is 242 g/mol. The van der Waals surface area contributed by atoms with Crippen LogP contribution in [0.1, 0.15) is 0 Å². The van der Waals surface area contributed by atoms with E-state index in [2.05, 4.69) is 10.2 Å². The first-order chi connectivity index (χ1) is 7.89. The van der Waals surface area contributed by atoms with Crippen LogP contribution in [0.2, 0.25) is 0 Å². The van der Waals surface area contributed by atoms with Crippen molar-refractivity contribution in [3.63, 3.8) is 0 Å². The monoisotopic (exact) mass is 253 g/mol. The number of H-pyrrole nitrogens is 1. The van der Waals surface area contributed by atoms with Crippen LogP contribution in [0, 0.1) is 0 Å². The largest absolute Gasteiger partial charge is 0.507 e. The molecule has 6 nitrogen and oxygen atoms in total. The Morgan fingerprint density at radius 2 is 2.12 bits per heavy atom. The average Bonchev–Trinajstić information content (AvgIpc) is 2.63. The SMILES string of the molecule is CS(=O)(=O)c1cccc(O)c1-c1cc(N)n[nH]1. The quantitative estimate of drug-likeness (QED) is 0.732. The van der Waals surface area contributed by atoms with E-state index in [0.717, 1.165) is 6.26 Å². The first-order valence-corrected chi connectivity index (χ1v) is 6.62. The minimum Gasteiger partial charge on any atom is -0.507 e. The molecule has 2 rings (SSSR count). The van der Waals surface area contributed by atoms with Gasteiger partial charge in [-0.1, -0.05) is 6.07 Å². The zero-order valence-electron chi connectivity index (χ0n) is 9.01. The van der Waals surface area contributed by atoms with Crippen LogP contribution in [0.5, 0.6) is 5.75 Å². The van der Waals surface area contributed by atoms with Crippen molar-refractivity contribution in [1.29, 1.82) is 0 Å². The van der Waals surface area contributed by atoms with Gasteiger partial charge in [0.25, 0.3) is 0 Å². The Bertz CT molecular complexity index is 661. The number of phenols is 1. The third-order valence-corrected chi connectivity index (χ3v) is 3.41. The van der Waals surface area contributed by atoms with Crippen LogP contribution in [-0.4, -0.2) is 30.0 Å². The summed E-state index contributed by atoms with van der Waals surface area (Å²) >= 11 is 0. The van der Waals surface area contributed by atoms with E-state index in [4.69, 9.17) is 5.73 Å². The van der Waals surface area contributed by atoms with Gasteiger partial charge in [-0.05, 0) is 12.1 Å². The number of nitrogens with one attached hydrogen (secondary N) is 1. The zero-order chi connectivity index (χ0) is 12.6. The van der Waals surface area contributed by atoms with Crippen molar-refractivity contribution in [1.82, 2.24) is 10.2 Å². The molecule has 0 atom stereocenters. The molecule has 1 heterocycles. The maximum atomic E-state index is 11.6. The standard InChI is InChI=1S/C10H11N3O3S/c1-17(15,16)8-4-2-3-7(14)10(8)6-5-9(11)13-12-6/h2-5,14H,1H3,(H3,11,12,13). The van der Waals surface area contributed by atoms with Crippen LogP contribution < -0.4 is 5.73 Å². The van der Waals surface area contributed by atoms with E-state index in [1.807, 2.05) is 0 Å². The number of aromatic nitrogens is 2. The van der Waals surface area contributed by atoms with Crippen LogP contribution >= 0.6 is 0 Å². The summed E-state index contributed by atoms with van der Waals surface area (Å²) in [7, 11) is -3.44. The molecule has 0 radical (unpaired) electrons. The summed E-state index contributed by atoms with van der Waals surface area (Å²) in [5.41, 5.74) is 5.99. The summed E-state index contributed by atoms with van der Waals surface area (Å²) in [6.07, 6.45) is 1.07. The molecule has 0 bridgehead atoms. The van der Waals surface area contributed by atoms with E-state index in [1.165, 1.54) is 24.3 Å². The predicted octanol–water partition coefficient (Wildman–Crippen LogP) is 0.768. The van der Waals surface area contributed by atoms with Crippen molar-refractivity contribution in [3.05, 3.63) is 24.3 Å². The lowest BCUT2D eigenvalue weighted by molar-refractivity contribution is 0.475. The third kappa shape index (κ3) is 2.09. The fraction of sp³-hybridized carbons (Fsp3) is 0.100. The maximum absolute atomic E-state index is 11.6. The Morgan fingerprint density at radius 1 is 1.41 bits per heavy atom. The van der Waals surface area contributed by atoms with E-state index in [0.29, 0.717) is 5.69 Å². The molecule has 0 saturated heterocycles. The Morgan fingerprint density at radius 3 is 2.65 bits per heavy atom. The Hall–Kier alpha value is -2.02. The van der Waals surface area contributed by atoms with Gasteiger partial charge in [0.15, 0.2) is 9.84 Å². The van der Waals surface area contributed by atoms with Gasteiger partial charge in [0.1, 0.15) is 11.6 Å². The highest BCUT2D eigenvalue weighted by atomic mass is 32.2. The van der Waals surface area contributed by atoms with Crippen LogP contribution in [0.4, 0.5) is 5.82 Å². The maximum Gasteiger partial charge on any atom is 0.176 e. The molecule has 1 aromatic heterocycles. The minimum atomic E-state index is -3.44. The van der Waals surface area contributed by atoms with Crippen molar-refractivity contribution in [2.75, 3.05) is 12.0 Å². The molecule has 90 valence electrons. The molecule has 0 fully saturated rings. The lowest BCUT2D eigenvalue weighted by atomic mass is 10.1. The highest BCUT2D eigenvalue weighted by molar-refractivity contribution is 7.90. The van der Waals surface area contributed by atoms with Crippen molar-refractivity contribution in [3.8, 4) is 17.0 Å². The van der Waals surface area contributed by atoms with E-state index in [-0.39, 0.29) is 22.0 Å². The molecule has 4 N–H and O–H groups in total. The number of rotatable bonds is 2. The number of sulfone groups is 1. The first kappa shape index (κ1) is 11.5. The van der Waals surface area contributed by atoms with Gasteiger partial charge in [0, 0.05) is 12.3 Å². The molecule has 0 amide bonds. The molecule has 7 heteroatoms. The lowest BCUT2D eigenvalue weighted by Crippen LogP contribution is -2.00. The minimum absolute atomic E-state index is 0.0288. The number of benzene rings is 1. The predicted molar refractivity (Wildman–Crippen MR) is 63.2 cm³/mol. The topological polar surface area (TPSA) is 109 Å². The number of phenolic OH excluding ortho intramolecular Hbond substituents is 1. The van der Waals surface area contributed by atoms with Gasteiger partial charge in [-0.25, -0.2) is 8.42 Å². The number of nitrogens with two attached hydrogens (primary N) is 1. The van der Waals surface area contributed by atoms with Crippen molar-refractivity contribution in [2.45, 2.75) is 4.90 Å². The normalized spacial score (nSPS) is 11.6. The Kier molecular flexibility index (Phi) is 2.55. The molecule has 0 unspecified atom stereocenters. The summed E-state index contributed by atoms with van der Waals surface area (Å²) in [5, 5.41) is 16.0. The number of hydrogen-bond donors (Lipinski definition) is 3. The van der Waals surface area contributed by atoms with Crippen molar-refractivity contribution < 1.29 is 13.5 Å². The lowest BCUT2D eigenvalue weighted by Gasteiger charge is -2.07. The van der Waals surface area contributed by atoms with Gasteiger partial charge < -0.3 is 10.8 Å². The molecule has 0 saturated carbocycles. The van der Waals surface area contributed by atoms with E-state index >= 15 is 0 Å². The molecule has 1 aromatic carbocycles. The van der Waals surface area contributed by atoms with E-state index in [9.17, 15) is 13.5 Å². The van der Waals surface area contributed by atoms with Gasteiger partial charge in [-0.3, -0.25) is 5.10 Å². The summed E-state index contributed by atoms with van der Waals surface area (Å²) in [5.74, 6) is 0.0827. The van der Waals surface area contributed by atoms with Crippen LogP contribution in [-0.2, 0) is 9.84 Å². The molecule has 0 spiro atoms. The van der Waals surface area contributed by atoms with Crippen molar-refractivity contribution in [2.24, 2.45) is 0 Å². The van der Waals surface area contributed by atoms with Gasteiger partial charge in [0.05, 0.1) is 16.2 Å². The molecule has 2 aromatic rings. The van der Waals surface area contributed by atoms with Crippen LogP contribution in [0.25, 0.3) is 11.3 Å². The third-order valence-electron chi connectivity index (χ3n) is 2.27. The number of nitrogens with zero attached hydrogens (tertiary/aromatic N) is 1. The first-order valence-electron chi connectivity index (χ1n) is 4.73. The fourth-order valence-corrected chi connectivity index (χ4v) is 2.48. The van der Waals surface area contributed by atoms with Gasteiger partial charge in [0.2, 0.25) is 0 Å². The Labute approximate surface area is 98.0 Å². The average molecular weight is 253 g/mol. The molecule has 17 heavy (non-hydrogen) atoms. The summed E-state index contributed by atoms with van der Waals surface area (Å²) < 4.78 is 23.2. The van der Waals surface area contributed by atoms with Gasteiger partial charge in [-0.15, -0.1) is 0 Å². The number of anilines is 1. The van der Waals surface area contributed by atoms with Crippen molar-refractivity contribution >= 4 is 15.7 Å². The second-order valence-corrected chi connectivity index (χ2v) is 5.61. The number of nitrogen functional groups attached to an aromatic ring is 1. The summed E-state index contributed by atoms with van der Waals surface area (Å²) in [6, 6.07) is 5.75. The Balaban J connectivity index is 2.76. The summed E-state index contributed by atoms with van der Waals surface area (Å²) in [4.78, 5) is 0.0288. The van der Waals surface area contributed by atoms with E-state index in [1.54, 1.807) is 0 Å². The highest BCUT2D eigenvalue weighted by Crippen LogP contribution is 2.34.